The highest BCUT2D eigenvalue weighted by Crippen LogP contribution is 2.65. The maximum absolute atomic E-state index is 11.9. The van der Waals surface area contributed by atoms with E-state index in [9.17, 15) is 4.79 Å². The van der Waals surface area contributed by atoms with Gasteiger partial charge < -0.3 is 11.1 Å². The van der Waals surface area contributed by atoms with E-state index in [1.807, 2.05) is 0 Å². The summed E-state index contributed by atoms with van der Waals surface area (Å²) >= 11 is 0. The van der Waals surface area contributed by atoms with Crippen LogP contribution in [0.3, 0.4) is 0 Å². The molecule has 1 heterocycles. The van der Waals surface area contributed by atoms with Gasteiger partial charge in [-0.3, -0.25) is 4.79 Å². The van der Waals surface area contributed by atoms with Gasteiger partial charge in [0.15, 0.2) is 0 Å². The van der Waals surface area contributed by atoms with Crippen molar-refractivity contribution in [2.24, 2.45) is 40.2 Å². The normalized spacial score (nSPS) is 54.1. The summed E-state index contributed by atoms with van der Waals surface area (Å²) in [6.45, 7) is 5.82. The Morgan fingerprint density at radius 1 is 1.18 bits per heavy atom. The Morgan fingerprint density at radius 3 is 2.77 bits per heavy atom. The van der Waals surface area contributed by atoms with Crippen LogP contribution in [0.5, 0.6) is 0 Å². The second-order valence-electron chi connectivity index (χ2n) is 9.23. The molecular formula is C19H32N2O. The quantitative estimate of drug-likeness (QED) is 0.782. The number of carbonyl (C=O) groups is 1. The second kappa shape index (κ2) is 4.96. The van der Waals surface area contributed by atoms with E-state index in [2.05, 4.69) is 19.2 Å². The lowest BCUT2D eigenvalue weighted by Crippen LogP contribution is -2.63. The van der Waals surface area contributed by atoms with E-state index in [0.29, 0.717) is 22.8 Å². The number of hydrogen-bond donors (Lipinski definition) is 2. The molecule has 3 N–H and O–H groups in total. The Hall–Kier alpha value is -0.570. The topological polar surface area (TPSA) is 55.1 Å². The fourth-order valence-electron chi connectivity index (χ4n) is 7.09. The molecule has 1 aliphatic heterocycles. The fraction of sp³-hybridized carbons (Fsp3) is 0.947. The van der Waals surface area contributed by atoms with Crippen LogP contribution in [-0.2, 0) is 4.79 Å². The Balaban J connectivity index is 1.70. The molecule has 2 unspecified atom stereocenters. The Labute approximate surface area is 134 Å². The molecular weight excluding hydrogens is 272 g/mol. The predicted molar refractivity (Wildman–Crippen MR) is 88.1 cm³/mol. The van der Waals surface area contributed by atoms with Crippen molar-refractivity contribution < 1.29 is 4.79 Å². The lowest BCUT2D eigenvalue weighted by Gasteiger charge is -2.62. The summed E-state index contributed by atoms with van der Waals surface area (Å²) in [4.78, 5) is 11.9. The summed E-state index contributed by atoms with van der Waals surface area (Å²) in [7, 11) is 0. The van der Waals surface area contributed by atoms with Crippen molar-refractivity contribution in [2.45, 2.75) is 71.3 Å². The summed E-state index contributed by atoms with van der Waals surface area (Å²) in [6.07, 6.45) is 9.95. The molecule has 0 aromatic carbocycles. The first-order valence-corrected chi connectivity index (χ1v) is 9.47. The van der Waals surface area contributed by atoms with Crippen LogP contribution in [0.2, 0.25) is 0 Å². The standard InChI is InChI=1S/C19H32N2O/c1-18-7-3-4-13(18)17-12(11-20)10-15-19(2,14(17)5-8-18)9-6-16(22)21-15/h12-15,17H,3-11,20H2,1-2H3,(H,21,22)/t12?,13-,14+,15?,17-,18-,19+/m0/s1. The second-order valence-corrected chi connectivity index (χ2v) is 9.23. The van der Waals surface area contributed by atoms with Crippen LogP contribution in [0.4, 0.5) is 0 Å². The zero-order valence-electron chi connectivity index (χ0n) is 14.2. The van der Waals surface area contributed by atoms with E-state index < -0.39 is 0 Å². The van der Waals surface area contributed by atoms with Gasteiger partial charge in [0.05, 0.1) is 0 Å². The molecule has 3 heteroatoms. The van der Waals surface area contributed by atoms with Crippen molar-refractivity contribution in [2.75, 3.05) is 6.54 Å². The number of fused-ring (bicyclic) bond motifs is 5. The van der Waals surface area contributed by atoms with E-state index in [0.717, 1.165) is 43.6 Å². The van der Waals surface area contributed by atoms with Gasteiger partial charge in [-0.25, -0.2) is 0 Å². The van der Waals surface area contributed by atoms with E-state index in [4.69, 9.17) is 5.73 Å². The summed E-state index contributed by atoms with van der Waals surface area (Å²) in [5.41, 5.74) is 7.12. The van der Waals surface area contributed by atoms with Gasteiger partial charge in [-0.15, -0.1) is 0 Å². The van der Waals surface area contributed by atoms with Gasteiger partial charge >= 0.3 is 0 Å². The summed E-state index contributed by atoms with van der Waals surface area (Å²) < 4.78 is 0. The molecule has 4 fully saturated rings. The minimum absolute atomic E-state index is 0.262. The van der Waals surface area contributed by atoms with Crippen LogP contribution < -0.4 is 11.1 Å². The average molecular weight is 304 g/mol. The zero-order valence-corrected chi connectivity index (χ0v) is 14.2. The third kappa shape index (κ3) is 1.93. The van der Waals surface area contributed by atoms with Crippen LogP contribution in [0.1, 0.15) is 65.2 Å². The van der Waals surface area contributed by atoms with E-state index in [-0.39, 0.29) is 5.91 Å². The van der Waals surface area contributed by atoms with Crippen LogP contribution in [0.25, 0.3) is 0 Å². The fourth-order valence-corrected chi connectivity index (χ4v) is 7.09. The molecule has 1 amide bonds. The maximum atomic E-state index is 11.9. The molecule has 0 spiro atoms. The lowest BCUT2D eigenvalue weighted by atomic mass is 9.45. The Kier molecular flexibility index (Phi) is 3.38. The maximum Gasteiger partial charge on any atom is 0.220 e. The van der Waals surface area contributed by atoms with Gasteiger partial charge in [0, 0.05) is 12.5 Å². The Bertz CT molecular complexity index is 478. The highest BCUT2D eigenvalue weighted by Gasteiger charge is 2.60. The van der Waals surface area contributed by atoms with E-state index in [1.54, 1.807) is 0 Å². The van der Waals surface area contributed by atoms with Crippen LogP contribution in [-0.4, -0.2) is 18.5 Å². The van der Waals surface area contributed by atoms with E-state index in [1.165, 1.54) is 32.1 Å². The molecule has 22 heavy (non-hydrogen) atoms. The molecule has 0 bridgehead atoms. The number of carbonyl (C=O) groups excluding carboxylic acids is 1. The van der Waals surface area contributed by atoms with Crippen molar-refractivity contribution in [3.63, 3.8) is 0 Å². The average Bonchev–Trinajstić information content (AvgIpc) is 2.89. The minimum atomic E-state index is 0.262. The first-order chi connectivity index (χ1) is 10.5. The molecule has 4 rings (SSSR count). The molecule has 1 saturated heterocycles. The highest BCUT2D eigenvalue weighted by atomic mass is 16.1. The largest absolute Gasteiger partial charge is 0.353 e. The first-order valence-electron chi connectivity index (χ1n) is 9.47. The minimum Gasteiger partial charge on any atom is -0.353 e. The molecule has 4 aliphatic rings. The van der Waals surface area contributed by atoms with Gasteiger partial charge in [0.2, 0.25) is 5.91 Å². The molecule has 124 valence electrons. The lowest BCUT2D eigenvalue weighted by molar-refractivity contribution is -0.141. The third-order valence-corrected chi connectivity index (χ3v) is 8.37. The summed E-state index contributed by atoms with van der Waals surface area (Å²) in [5, 5.41) is 3.33. The predicted octanol–water partition coefficient (Wildman–Crippen LogP) is 3.08. The van der Waals surface area contributed by atoms with E-state index >= 15 is 0 Å². The number of piperidine rings is 1. The van der Waals surface area contributed by atoms with Gasteiger partial charge in [-0.1, -0.05) is 20.3 Å². The molecule has 3 aliphatic carbocycles. The Morgan fingerprint density at radius 2 is 2.00 bits per heavy atom. The first kappa shape index (κ1) is 15.0. The zero-order chi connectivity index (χ0) is 15.5. The van der Waals surface area contributed by atoms with Crippen LogP contribution in [0.15, 0.2) is 0 Å². The summed E-state index contributed by atoms with van der Waals surface area (Å²) in [6, 6.07) is 0.370. The van der Waals surface area contributed by atoms with Crippen molar-refractivity contribution in [1.82, 2.24) is 5.32 Å². The van der Waals surface area contributed by atoms with Gasteiger partial charge in [0.1, 0.15) is 0 Å². The SMILES string of the molecule is C[C@@]12CCC[C@H]1[C@@H]1C(CN)CC3NC(=O)CC[C@]3(C)[C@@H]1CC2. The molecule has 0 aromatic heterocycles. The number of hydrogen-bond acceptors (Lipinski definition) is 2. The van der Waals surface area contributed by atoms with Gasteiger partial charge in [0.25, 0.3) is 0 Å². The monoisotopic (exact) mass is 304 g/mol. The number of rotatable bonds is 1. The third-order valence-electron chi connectivity index (χ3n) is 8.37. The summed E-state index contributed by atoms with van der Waals surface area (Å²) in [5.74, 6) is 3.34. The molecule has 0 radical (unpaired) electrons. The van der Waals surface area contributed by atoms with Gasteiger partial charge in [-0.2, -0.15) is 0 Å². The number of nitrogens with one attached hydrogen (secondary N) is 1. The van der Waals surface area contributed by atoms with Crippen molar-refractivity contribution in [3.8, 4) is 0 Å². The van der Waals surface area contributed by atoms with Crippen molar-refractivity contribution >= 4 is 5.91 Å². The molecule has 7 atom stereocenters. The molecule has 0 aromatic rings. The number of amides is 1. The number of nitrogens with two attached hydrogens (primary N) is 1. The van der Waals surface area contributed by atoms with Gasteiger partial charge in [-0.05, 0) is 79.6 Å². The van der Waals surface area contributed by atoms with Crippen LogP contribution >= 0.6 is 0 Å². The molecule has 3 nitrogen and oxygen atoms in total. The highest BCUT2D eigenvalue weighted by molar-refractivity contribution is 5.77. The van der Waals surface area contributed by atoms with Crippen LogP contribution in [0, 0.1) is 34.5 Å². The van der Waals surface area contributed by atoms with Crippen molar-refractivity contribution in [3.05, 3.63) is 0 Å². The van der Waals surface area contributed by atoms with Crippen molar-refractivity contribution in [1.29, 1.82) is 0 Å². The smallest absolute Gasteiger partial charge is 0.220 e. The molecule has 3 saturated carbocycles.